The van der Waals surface area contributed by atoms with E-state index in [0.717, 1.165) is 16.2 Å². The highest BCUT2D eigenvalue weighted by Crippen LogP contribution is 2.39. The van der Waals surface area contributed by atoms with Crippen molar-refractivity contribution in [2.24, 2.45) is 0 Å². The topological polar surface area (TPSA) is 49.2 Å². The third-order valence-corrected chi connectivity index (χ3v) is 3.06. The molecule has 2 rings (SSSR count). The summed E-state index contributed by atoms with van der Waals surface area (Å²) >= 11 is 3.42. The molecule has 0 radical (unpaired) electrons. The van der Waals surface area contributed by atoms with Gasteiger partial charge in [-0.25, -0.2) is 9.97 Å². The Bertz CT molecular complexity index is 413. The van der Waals surface area contributed by atoms with Crippen LogP contribution >= 0.6 is 15.9 Å². The second kappa shape index (κ2) is 4.53. The maximum atomic E-state index is 9.81. The smallest absolute Gasteiger partial charge is 0.135 e. The van der Waals surface area contributed by atoms with Gasteiger partial charge in [-0.2, -0.15) is 0 Å². The molecule has 1 heterocycles. The number of hydrogen-bond acceptors (Lipinski definition) is 4. The fourth-order valence-electron chi connectivity index (χ4n) is 1.80. The number of nitrogens with zero attached hydrogens (tertiary/aromatic N) is 3. The molecule has 5 heteroatoms. The predicted molar refractivity (Wildman–Crippen MR) is 71.3 cm³/mol. The van der Waals surface area contributed by atoms with Crippen LogP contribution in [0.5, 0.6) is 0 Å². The molecule has 0 atom stereocenters. The zero-order valence-corrected chi connectivity index (χ0v) is 12.0. The molecule has 0 aromatic carbocycles. The highest BCUT2D eigenvalue weighted by atomic mass is 79.9. The Kier molecular flexibility index (Phi) is 3.41. The van der Waals surface area contributed by atoms with E-state index in [0.29, 0.717) is 12.5 Å². The van der Waals surface area contributed by atoms with E-state index in [-0.39, 0.29) is 0 Å². The Labute approximate surface area is 110 Å². The molecule has 1 aromatic rings. The van der Waals surface area contributed by atoms with Crippen molar-refractivity contribution >= 4 is 21.7 Å². The van der Waals surface area contributed by atoms with E-state index in [2.05, 4.69) is 25.9 Å². The van der Waals surface area contributed by atoms with E-state index in [9.17, 15) is 5.11 Å². The van der Waals surface area contributed by atoms with Gasteiger partial charge >= 0.3 is 0 Å². The molecule has 0 amide bonds. The molecule has 1 aliphatic carbocycles. The Hall–Kier alpha value is -0.680. The first kappa shape index (κ1) is 12.8. The Balaban J connectivity index is 2.19. The van der Waals surface area contributed by atoms with Crippen molar-refractivity contribution in [1.29, 1.82) is 0 Å². The van der Waals surface area contributed by atoms with E-state index < -0.39 is 5.60 Å². The van der Waals surface area contributed by atoms with Crippen molar-refractivity contribution in [3.05, 3.63) is 16.5 Å². The van der Waals surface area contributed by atoms with Crippen LogP contribution in [0.3, 0.4) is 0 Å². The maximum Gasteiger partial charge on any atom is 0.135 e. The number of hydrogen-bond donors (Lipinski definition) is 1. The standard InChI is InChI=1S/C12H18BrN3O/c1-12(2,17)7-16(3)10-6-9(13)14-11(15-10)8-4-5-8/h6,8,17H,4-5,7H2,1-3H3. The average Bonchev–Trinajstić information content (AvgIpc) is 2.96. The maximum absolute atomic E-state index is 9.81. The Morgan fingerprint density at radius 3 is 2.65 bits per heavy atom. The number of rotatable bonds is 4. The van der Waals surface area contributed by atoms with Gasteiger partial charge in [-0.05, 0) is 42.6 Å². The van der Waals surface area contributed by atoms with E-state index in [1.807, 2.05) is 18.0 Å². The number of likely N-dealkylation sites (N-methyl/N-ethyl adjacent to an activating group) is 1. The fraction of sp³-hybridized carbons (Fsp3) is 0.667. The van der Waals surface area contributed by atoms with Crippen LogP contribution < -0.4 is 4.90 Å². The van der Waals surface area contributed by atoms with Gasteiger partial charge in [-0.1, -0.05) is 0 Å². The lowest BCUT2D eigenvalue weighted by molar-refractivity contribution is 0.0884. The zero-order chi connectivity index (χ0) is 12.6. The lowest BCUT2D eigenvalue weighted by Gasteiger charge is -2.26. The minimum Gasteiger partial charge on any atom is -0.389 e. The van der Waals surface area contributed by atoms with E-state index in [1.54, 1.807) is 13.8 Å². The van der Waals surface area contributed by atoms with Crippen LogP contribution in [0.4, 0.5) is 5.82 Å². The van der Waals surface area contributed by atoms with Crippen molar-refractivity contribution in [1.82, 2.24) is 9.97 Å². The van der Waals surface area contributed by atoms with Gasteiger partial charge < -0.3 is 10.0 Å². The summed E-state index contributed by atoms with van der Waals surface area (Å²) < 4.78 is 0.812. The first-order chi connectivity index (χ1) is 7.85. The summed E-state index contributed by atoms with van der Waals surface area (Å²) in [5, 5.41) is 9.81. The Morgan fingerprint density at radius 1 is 1.47 bits per heavy atom. The van der Waals surface area contributed by atoms with Gasteiger partial charge in [0.2, 0.25) is 0 Å². The van der Waals surface area contributed by atoms with Gasteiger partial charge in [-0.3, -0.25) is 0 Å². The summed E-state index contributed by atoms with van der Waals surface area (Å²) in [5.74, 6) is 2.30. The quantitative estimate of drug-likeness (QED) is 0.867. The first-order valence-electron chi connectivity index (χ1n) is 5.83. The van der Waals surface area contributed by atoms with Crippen LogP contribution in [0.15, 0.2) is 10.7 Å². The van der Waals surface area contributed by atoms with Gasteiger partial charge in [-0.15, -0.1) is 0 Å². The molecule has 94 valence electrons. The van der Waals surface area contributed by atoms with Crippen molar-refractivity contribution in [2.45, 2.75) is 38.2 Å². The molecule has 4 nitrogen and oxygen atoms in total. The molecule has 17 heavy (non-hydrogen) atoms. The lowest BCUT2D eigenvalue weighted by Crippen LogP contribution is -2.36. The number of aromatic nitrogens is 2. The molecule has 1 N–H and O–H groups in total. The summed E-state index contributed by atoms with van der Waals surface area (Å²) in [7, 11) is 1.93. The van der Waals surface area contributed by atoms with Crippen LogP contribution in [0.25, 0.3) is 0 Å². The van der Waals surface area contributed by atoms with Gasteiger partial charge in [0.05, 0.1) is 5.60 Å². The van der Waals surface area contributed by atoms with Crippen LogP contribution in [-0.4, -0.2) is 34.3 Å². The zero-order valence-electron chi connectivity index (χ0n) is 10.4. The monoisotopic (exact) mass is 299 g/mol. The normalized spacial score (nSPS) is 16.1. The SMILES string of the molecule is CN(CC(C)(C)O)c1cc(Br)nc(C2CC2)n1. The highest BCUT2D eigenvalue weighted by Gasteiger charge is 2.28. The molecule has 1 saturated carbocycles. The number of halogens is 1. The third-order valence-electron chi connectivity index (χ3n) is 2.66. The molecule has 0 aliphatic heterocycles. The van der Waals surface area contributed by atoms with E-state index in [4.69, 9.17) is 0 Å². The molecular formula is C12H18BrN3O. The van der Waals surface area contributed by atoms with Crippen molar-refractivity contribution in [3.8, 4) is 0 Å². The molecule has 0 spiro atoms. The lowest BCUT2D eigenvalue weighted by atomic mass is 10.1. The van der Waals surface area contributed by atoms with Gasteiger partial charge in [0, 0.05) is 25.6 Å². The third kappa shape index (κ3) is 3.64. The summed E-state index contributed by atoms with van der Waals surface area (Å²) in [6, 6.07) is 1.89. The van der Waals surface area contributed by atoms with Crippen LogP contribution in [0, 0.1) is 0 Å². The Morgan fingerprint density at radius 2 is 2.12 bits per heavy atom. The number of anilines is 1. The minimum absolute atomic E-state index is 0.529. The summed E-state index contributed by atoms with van der Waals surface area (Å²) in [6.07, 6.45) is 2.37. The van der Waals surface area contributed by atoms with Gasteiger partial charge in [0.15, 0.2) is 0 Å². The summed E-state index contributed by atoms with van der Waals surface area (Å²) in [4.78, 5) is 10.9. The molecular weight excluding hydrogens is 282 g/mol. The van der Waals surface area contributed by atoms with Crippen LogP contribution in [-0.2, 0) is 0 Å². The van der Waals surface area contributed by atoms with E-state index in [1.165, 1.54) is 12.8 Å². The second-order valence-corrected chi connectivity index (χ2v) is 6.16. The molecule has 0 saturated heterocycles. The van der Waals surface area contributed by atoms with Gasteiger partial charge in [0.1, 0.15) is 16.2 Å². The predicted octanol–water partition coefficient (Wildman–Crippen LogP) is 2.32. The first-order valence-corrected chi connectivity index (χ1v) is 6.62. The second-order valence-electron chi connectivity index (χ2n) is 5.35. The molecule has 0 bridgehead atoms. The van der Waals surface area contributed by atoms with Crippen LogP contribution in [0.2, 0.25) is 0 Å². The minimum atomic E-state index is -0.730. The molecule has 1 aromatic heterocycles. The largest absolute Gasteiger partial charge is 0.389 e. The average molecular weight is 300 g/mol. The summed E-state index contributed by atoms with van der Waals surface area (Å²) in [5.41, 5.74) is -0.730. The van der Waals surface area contributed by atoms with Crippen molar-refractivity contribution in [3.63, 3.8) is 0 Å². The van der Waals surface area contributed by atoms with Crippen molar-refractivity contribution in [2.75, 3.05) is 18.5 Å². The molecule has 1 aliphatic rings. The van der Waals surface area contributed by atoms with Gasteiger partial charge in [0.25, 0.3) is 0 Å². The van der Waals surface area contributed by atoms with Crippen LogP contribution in [0.1, 0.15) is 38.4 Å². The fourth-order valence-corrected chi connectivity index (χ4v) is 2.19. The van der Waals surface area contributed by atoms with Crippen molar-refractivity contribution < 1.29 is 5.11 Å². The molecule has 1 fully saturated rings. The van der Waals surface area contributed by atoms with E-state index >= 15 is 0 Å². The molecule has 0 unspecified atom stereocenters. The highest BCUT2D eigenvalue weighted by molar-refractivity contribution is 9.10. The summed E-state index contributed by atoms with van der Waals surface area (Å²) in [6.45, 7) is 4.13. The number of aliphatic hydroxyl groups is 1.